The van der Waals surface area contributed by atoms with Gasteiger partial charge in [0.1, 0.15) is 17.1 Å². The van der Waals surface area contributed by atoms with E-state index >= 15 is 0 Å². The Morgan fingerprint density at radius 3 is 2.20 bits per heavy atom. The minimum atomic E-state index is -0.678. The molecule has 0 unspecified atom stereocenters. The number of esters is 3. The number of halogens is 1. The maximum atomic E-state index is 13.2. The molecule has 12 nitrogen and oxygen atoms in total. The molecule has 0 aliphatic heterocycles. The van der Waals surface area contributed by atoms with Crippen LogP contribution in [0.5, 0.6) is 11.5 Å². The molecule has 0 saturated carbocycles. The van der Waals surface area contributed by atoms with Crippen molar-refractivity contribution in [1.82, 2.24) is 4.98 Å². The van der Waals surface area contributed by atoms with E-state index < -0.39 is 23.5 Å². The van der Waals surface area contributed by atoms with E-state index in [0.29, 0.717) is 58.5 Å². The normalized spacial score (nSPS) is 11.6. The lowest BCUT2D eigenvalue weighted by atomic mass is 9.98. The van der Waals surface area contributed by atoms with Gasteiger partial charge in [0.15, 0.2) is 11.5 Å². The van der Waals surface area contributed by atoms with Crippen molar-refractivity contribution in [1.29, 1.82) is 0 Å². The number of fused-ring (bicyclic) bond motifs is 1. The van der Waals surface area contributed by atoms with Crippen molar-refractivity contribution < 1.29 is 47.3 Å². The highest BCUT2D eigenvalue weighted by atomic mass is 79.9. The van der Waals surface area contributed by atoms with Crippen molar-refractivity contribution in [2.75, 3.05) is 26.4 Å². The smallest absolute Gasteiger partial charge is 0.352 e. The van der Waals surface area contributed by atoms with Crippen LogP contribution in [0.15, 0.2) is 129 Å². The number of nitrogens with zero attached hydrogens (tertiary/aromatic N) is 1. The Kier molecular flexibility index (Phi) is 14.3. The summed E-state index contributed by atoms with van der Waals surface area (Å²) in [6.45, 7) is 9.58. The molecule has 0 radical (unpaired) electrons. The lowest BCUT2D eigenvalue weighted by Crippen LogP contribution is -2.10. The zero-order chi connectivity index (χ0) is 40.0. The summed E-state index contributed by atoms with van der Waals surface area (Å²) in [7, 11) is 0. The average molecular weight is 823 g/mol. The fourth-order valence-corrected chi connectivity index (χ4v) is 5.65. The summed E-state index contributed by atoms with van der Waals surface area (Å²) in [6, 6.07) is 15.1. The molecule has 3 aromatic carbocycles. The number of rotatable bonds is 19. The van der Waals surface area contributed by atoms with Gasteiger partial charge in [-0.25, -0.2) is 24.2 Å². The van der Waals surface area contributed by atoms with Crippen molar-refractivity contribution in [2.45, 2.75) is 32.6 Å². The fraction of sp³-hybridized carbons (Fsp3) is 0.209. The minimum Gasteiger partial charge on any atom is -0.493 e. The standard InChI is InChI=1S/C43H36BrNO11/c1-4-39(47)53-22-6-20-51-32-14-8-28(9-15-32)37(46)18-12-30-25-34-36(24-27(30)3)45-41(56-43(34)50)31-13-19-38(35(44)26-31)55-42(49)29-10-16-33(17-11-29)52-21-7-23-54-40(48)5-2/h4-5,8-10,13-16,19,24-26H,1-2,6-7,12,18,20-23H2,3H3. The lowest BCUT2D eigenvalue weighted by Gasteiger charge is -2.10. The third-order valence-corrected chi connectivity index (χ3v) is 8.75. The van der Waals surface area contributed by atoms with Crippen LogP contribution in [-0.2, 0) is 35.0 Å². The Morgan fingerprint density at radius 1 is 0.857 bits per heavy atom. The molecule has 13 heteroatoms. The van der Waals surface area contributed by atoms with Gasteiger partial charge in [-0.3, -0.25) is 4.79 Å². The Hall–Kier alpha value is -6.52. The van der Waals surface area contributed by atoms with Crippen molar-refractivity contribution in [3.63, 3.8) is 0 Å². The Labute approximate surface area is 330 Å². The van der Waals surface area contributed by atoms with E-state index in [1.165, 1.54) is 6.08 Å². The van der Waals surface area contributed by atoms with Gasteiger partial charge in [0.05, 0.1) is 41.8 Å². The molecular formula is C43H36BrNO11. The Morgan fingerprint density at radius 2 is 1.55 bits per heavy atom. The monoisotopic (exact) mass is 821 g/mol. The van der Waals surface area contributed by atoms with Crippen LogP contribution < -0.4 is 15.1 Å². The quantitative estimate of drug-likeness (QED) is 0.0231. The third kappa shape index (κ3) is 11.3. The molecule has 5 rings (SSSR count). The van der Waals surface area contributed by atoms with Gasteiger partial charge in [0.2, 0.25) is 5.89 Å². The Bertz CT molecular complexity index is 2380. The molecule has 1 aliphatic rings. The first kappa shape index (κ1) is 40.7. The van der Waals surface area contributed by atoms with Crippen LogP contribution in [0.2, 0.25) is 0 Å². The van der Waals surface area contributed by atoms with E-state index in [1.54, 1.807) is 60.7 Å². The summed E-state index contributed by atoms with van der Waals surface area (Å²) < 4.78 is 32.5. The van der Waals surface area contributed by atoms with E-state index in [1.807, 2.05) is 6.92 Å². The van der Waals surface area contributed by atoms with E-state index in [9.17, 15) is 24.0 Å². The van der Waals surface area contributed by atoms with Gasteiger partial charge in [-0.2, -0.15) is 0 Å². The van der Waals surface area contributed by atoms with Gasteiger partial charge in [-0.1, -0.05) is 18.9 Å². The molecule has 1 aromatic heterocycles. The Balaban J connectivity index is 1.17. The highest BCUT2D eigenvalue weighted by Gasteiger charge is 2.17. The topological polar surface area (TPSA) is 158 Å². The molecule has 56 heavy (non-hydrogen) atoms. The SMILES string of the molecule is C=CC(=O)OCCCOC1=C=C=C(C(=O)Oc2ccc(-c3nc4cc(C)c(CCC(=O)c5ccc(OCCCOC(=O)C=C)cc5)cc4c(=O)o3)cc2Br)C=C1. The summed E-state index contributed by atoms with van der Waals surface area (Å²) in [6.07, 6.45) is 6.82. The molecule has 0 N–H and O–H groups in total. The van der Waals surface area contributed by atoms with Crippen LogP contribution in [0.3, 0.4) is 0 Å². The van der Waals surface area contributed by atoms with Crippen LogP contribution >= 0.6 is 15.9 Å². The molecule has 1 aliphatic carbocycles. The van der Waals surface area contributed by atoms with Crippen molar-refractivity contribution in [2.24, 2.45) is 0 Å². The highest BCUT2D eigenvalue weighted by Crippen LogP contribution is 2.31. The molecule has 0 saturated heterocycles. The van der Waals surface area contributed by atoms with Gasteiger partial charge in [0.25, 0.3) is 0 Å². The molecule has 4 aromatic rings. The van der Waals surface area contributed by atoms with E-state index in [0.717, 1.165) is 23.3 Å². The number of Topliss-reactive ketones (excluding diaryl/α,β-unsaturated/α-hetero) is 1. The maximum Gasteiger partial charge on any atom is 0.352 e. The van der Waals surface area contributed by atoms with Crippen molar-refractivity contribution >= 4 is 50.5 Å². The van der Waals surface area contributed by atoms with Crippen LogP contribution in [0.4, 0.5) is 0 Å². The number of aromatic nitrogens is 1. The second-order valence-corrected chi connectivity index (χ2v) is 12.9. The van der Waals surface area contributed by atoms with Crippen LogP contribution in [0, 0.1) is 6.92 Å². The first-order valence-corrected chi connectivity index (χ1v) is 18.2. The fourth-order valence-electron chi connectivity index (χ4n) is 5.19. The molecule has 1 heterocycles. The largest absolute Gasteiger partial charge is 0.493 e. The van der Waals surface area contributed by atoms with E-state index in [4.69, 9.17) is 28.1 Å². The molecule has 0 bridgehead atoms. The number of hydrogen-bond acceptors (Lipinski definition) is 12. The van der Waals surface area contributed by atoms with Gasteiger partial charge < -0.3 is 28.1 Å². The number of carbonyl (C=O) groups excluding carboxylic acids is 4. The summed E-state index contributed by atoms with van der Waals surface area (Å²) in [5.74, 6) is -0.493. The van der Waals surface area contributed by atoms with Gasteiger partial charge in [-0.15, -0.1) is 0 Å². The summed E-state index contributed by atoms with van der Waals surface area (Å²) in [5.41, 5.74) is 8.11. The van der Waals surface area contributed by atoms with Crippen LogP contribution in [-0.4, -0.2) is 55.1 Å². The van der Waals surface area contributed by atoms with Gasteiger partial charge in [0, 0.05) is 42.5 Å². The molecule has 0 fully saturated rings. The number of ether oxygens (including phenoxy) is 5. The predicted molar refractivity (Wildman–Crippen MR) is 209 cm³/mol. The average Bonchev–Trinajstić information content (AvgIpc) is 3.20. The lowest BCUT2D eigenvalue weighted by molar-refractivity contribution is -0.138. The highest BCUT2D eigenvalue weighted by molar-refractivity contribution is 9.10. The molecule has 0 amide bonds. The second kappa shape index (κ2) is 19.7. The van der Waals surface area contributed by atoms with Crippen LogP contribution in [0.25, 0.3) is 22.4 Å². The molecule has 0 atom stereocenters. The van der Waals surface area contributed by atoms with E-state index in [2.05, 4.69) is 45.5 Å². The summed E-state index contributed by atoms with van der Waals surface area (Å²) >= 11 is 3.42. The van der Waals surface area contributed by atoms with Gasteiger partial charge in [-0.05, 0) is 113 Å². The van der Waals surface area contributed by atoms with Crippen LogP contribution in [0.1, 0.15) is 40.7 Å². The minimum absolute atomic E-state index is 0.0643. The summed E-state index contributed by atoms with van der Waals surface area (Å²) in [5, 5.41) is 0.283. The molecule has 0 spiro atoms. The number of aryl methyl sites for hydroxylation is 2. The van der Waals surface area contributed by atoms with Crippen molar-refractivity contribution in [3.05, 3.63) is 146 Å². The zero-order valence-corrected chi connectivity index (χ0v) is 32.0. The maximum absolute atomic E-state index is 13.2. The third-order valence-electron chi connectivity index (χ3n) is 8.13. The van der Waals surface area contributed by atoms with Crippen molar-refractivity contribution in [3.8, 4) is 23.0 Å². The first-order valence-electron chi connectivity index (χ1n) is 17.4. The zero-order valence-electron chi connectivity index (χ0n) is 30.4. The number of allylic oxidation sites excluding steroid dienone is 1. The van der Waals surface area contributed by atoms with E-state index in [-0.39, 0.29) is 54.6 Å². The summed E-state index contributed by atoms with van der Waals surface area (Å²) in [4.78, 5) is 65.7. The molecule has 286 valence electrons. The predicted octanol–water partition coefficient (Wildman–Crippen LogP) is 7.41. The number of ketones is 1. The van der Waals surface area contributed by atoms with Gasteiger partial charge >= 0.3 is 23.5 Å². The number of benzene rings is 3. The second-order valence-electron chi connectivity index (χ2n) is 12.1. The molecular weight excluding hydrogens is 786 g/mol. The number of carbonyl (C=O) groups is 4. The first-order chi connectivity index (χ1) is 27.0. The number of hydrogen-bond donors (Lipinski definition) is 0.